The van der Waals surface area contributed by atoms with E-state index < -0.39 is 6.04 Å². The number of nitrogens with two attached hydrogens (primary N) is 1. The average Bonchev–Trinajstić information content (AvgIpc) is 2.19. The van der Waals surface area contributed by atoms with Crippen LogP contribution in [0.2, 0.25) is 0 Å². The van der Waals surface area contributed by atoms with Gasteiger partial charge in [0.2, 0.25) is 0 Å². The number of hydrogen-bond donors (Lipinski definition) is 2. The van der Waals surface area contributed by atoms with E-state index in [0.29, 0.717) is 6.04 Å². The molecule has 0 aliphatic heterocycles. The molecule has 1 fully saturated rings. The molecule has 0 bridgehead atoms. The summed E-state index contributed by atoms with van der Waals surface area (Å²) in [5.41, 5.74) is 5.42. The van der Waals surface area contributed by atoms with Gasteiger partial charge >= 0.3 is 5.97 Å². The monoisotopic (exact) mass is 200 g/mol. The Kier molecular flexibility index (Phi) is 4.35. The zero-order valence-electron chi connectivity index (χ0n) is 8.95. The van der Waals surface area contributed by atoms with Gasteiger partial charge in [-0.2, -0.15) is 0 Å². The predicted octanol–water partition coefficient (Wildman–Crippen LogP) is 0.407. The molecule has 0 aromatic rings. The largest absolute Gasteiger partial charge is 0.461 e. The Morgan fingerprint density at radius 1 is 1.43 bits per heavy atom. The van der Waals surface area contributed by atoms with Crippen molar-refractivity contribution < 1.29 is 9.53 Å². The SMILES string of the molecule is CNC1CCC(OC(=O)[C@H](C)N)CC1. The van der Waals surface area contributed by atoms with Crippen molar-refractivity contribution in [2.45, 2.75) is 50.8 Å². The molecule has 3 N–H and O–H groups in total. The standard InChI is InChI=1S/C10H20N2O2/c1-7(11)10(13)14-9-5-3-8(12-2)4-6-9/h7-9,12H,3-6,11H2,1-2H3/t7-,8?,9?/m0/s1. The van der Waals surface area contributed by atoms with E-state index in [1.165, 1.54) is 0 Å². The third kappa shape index (κ3) is 3.27. The summed E-state index contributed by atoms with van der Waals surface area (Å²) in [5.74, 6) is -0.280. The van der Waals surface area contributed by atoms with Crippen LogP contribution in [0.1, 0.15) is 32.6 Å². The van der Waals surface area contributed by atoms with Gasteiger partial charge in [-0.05, 0) is 39.7 Å². The molecule has 0 amide bonds. The number of rotatable bonds is 3. The maximum absolute atomic E-state index is 11.2. The van der Waals surface area contributed by atoms with E-state index in [9.17, 15) is 4.79 Å². The fraction of sp³-hybridized carbons (Fsp3) is 0.900. The lowest BCUT2D eigenvalue weighted by atomic mass is 9.93. The Balaban J connectivity index is 2.25. The lowest BCUT2D eigenvalue weighted by molar-refractivity contribution is -0.151. The van der Waals surface area contributed by atoms with Gasteiger partial charge < -0.3 is 15.8 Å². The molecule has 4 nitrogen and oxygen atoms in total. The molecule has 1 atom stereocenters. The predicted molar refractivity (Wildman–Crippen MR) is 54.8 cm³/mol. The van der Waals surface area contributed by atoms with E-state index in [0.717, 1.165) is 25.7 Å². The summed E-state index contributed by atoms with van der Waals surface area (Å²) in [6.45, 7) is 1.65. The normalized spacial score (nSPS) is 29.6. The van der Waals surface area contributed by atoms with Crippen molar-refractivity contribution in [2.24, 2.45) is 5.73 Å². The second-order valence-electron chi connectivity index (χ2n) is 3.99. The molecule has 0 saturated heterocycles. The van der Waals surface area contributed by atoms with Crippen LogP contribution in [0.5, 0.6) is 0 Å². The lowest BCUT2D eigenvalue weighted by Gasteiger charge is -2.28. The number of nitrogens with one attached hydrogen (secondary N) is 1. The van der Waals surface area contributed by atoms with Gasteiger partial charge in [0.15, 0.2) is 0 Å². The minimum absolute atomic E-state index is 0.0816. The number of carbonyl (C=O) groups is 1. The van der Waals surface area contributed by atoms with Crippen molar-refractivity contribution in [2.75, 3.05) is 7.05 Å². The molecule has 1 rings (SSSR count). The molecule has 0 spiro atoms. The van der Waals surface area contributed by atoms with Crippen LogP contribution in [-0.4, -0.2) is 31.2 Å². The first kappa shape index (κ1) is 11.5. The van der Waals surface area contributed by atoms with E-state index in [2.05, 4.69) is 5.32 Å². The highest BCUT2D eigenvalue weighted by Crippen LogP contribution is 2.21. The fourth-order valence-corrected chi connectivity index (χ4v) is 1.74. The van der Waals surface area contributed by atoms with Crippen molar-refractivity contribution in [1.29, 1.82) is 0 Å². The van der Waals surface area contributed by atoms with Gasteiger partial charge in [0.25, 0.3) is 0 Å². The van der Waals surface area contributed by atoms with Crippen molar-refractivity contribution >= 4 is 5.97 Å². The maximum atomic E-state index is 11.2. The summed E-state index contributed by atoms with van der Waals surface area (Å²) in [6, 6.07) is 0.0808. The van der Waals surface area contributed by atoms with E-state index in [-0.39, 0.29) is 12.1 Å². The molecular weight excluding hydrogens is 180 g/mol. The van der Waals surface area contributed by atoms with Crippen LogP contribution in [0.3, 0.4) is 0 Å². The van der Waals surface area contributed by atoms with Crippen LogP contribution in [0.15, 0.2) is 0 Å². The molecule has 1 aliphatic rings. The molecule has 0 radical (unpaired) electrons. The van der Waals surface area contributed by atoms with E-state index in [4.69, 9.17) is 10.5 Å². The molecule has 0 unspecified atom stereocenters. The van der Waals surface area contributed by atoms with Crippen LogP contribution < -0.4 is 11.1 Å². The van der Waals surface area contributed by atoms with Crippen LogP contribution in [-0.2, 0) is 9.53 Å². The lowest BCUT2D eigenvalue weighted by Crippen LogP contribution is -2.37. The van der Waals surface area contributed by atoms with Gasteiger partial charge in [0.1, 0.15) is 12.1 Å². The van der Waals surface area contributed by atoms with Crippen molar-refractivity contribution in [3.05, 3.63) is 0 Å². The number of ether oxygens (including phenoxy) is 1. The van der Waals surface area contributed by atoms with Gasteiger partial charge in [0.05, 0.1) is 0 Å². The first-order valence-electron chi connectivity index (χ1n) is 5.26. The van der Waals surface area contributed by atoms with Gasteiger partial charge in [-0.3, -0.25) is 4.79 Å². The fourth-order valence-electron chi connectivity index (χ4n) is 1.74. The van der Waals surface area contributed by atoms with Gasteiger partial charge in [-0.25, -0.2) is 0 Å². The molecular formula is C10H20N2O2. The van der Waals surface area contributed by atoms with Crippen LogP contribution >= 0.6 is 0 Å². The molecule has 1 saturated carbocycles. The van der Waals surface area contributed by atoms with Crippen LogP contribution in [0, 0.1) is 0 Å². The topological polar surface area (TPSA) is 64.3 Å². The third-order valence-corrected chi connectivity index (χ3v) is 2.74. The Morgan fingerprint density at radius 3 is 2.43 bits per heavy atom. The Bertz CT molecular complexity index is 187. The highest BCUT2D eigenvalue weighted by Gasteiger charge is 2.23. The molecule has 0 heterocycles. The molecule has 0 aromatic heterocycles. The highest BCUT2D eigenvalue weighted by molar-refractivity contribution is 5.75. The average molecular weight is 200 g/mol. The number of hydrogen-bond acceptors (Lipinski definition) is 4. The maximum Gasteiger partial charge on any atom is 0.322 e. The minimum atomic E-state index is -0.503. The van der Waals surface area contributed by atoms with Gasteiger partial charge in [0, 0.05) is 6.04 Å². The smallest absolute Gasteiger partial charge is 0.322 e. The highest BCUT2D eigenvalue weighted by atomic mass is 16.5. The molecule has 0 aromatic carbocycles. The van der Waals surface area contributed by atoms with Gasteiger partial charge in [-0.1, -0.05) is 0 Å². The molecule has 1 aliphatic carbocycles. The minimum Gasteiger partial charge on any atom is -0.461 e. The van der Waals surface area contributed by atoms with Crippen molar-refractivity contribution in [1.82, 2.24) is 5.32 Å². The zero-order chi connectivity index (χ0) is 10.6. The second-order valence-corrected chi connectivity index (χ2v) is 3.99. The Morgan fingerprint density at radius 2 is 2.00 bits per heavy atom. The van der Waals surface area contributed by atoms with Crippen molar-refractivity contribution in [3.8, 4) is 0 Å². The first-order valence-corrected chi connectivity index (χ1v) is 5.26. The molecule has 14 heavy (non-hydrogen) atoms. The summed E-state index contributed by atoms with van der Waals surface area (Å²) in [4.78, 5) is 11.2. The quantitative estimate of drug-likeness (QED) is 0.648. The summed E-state index contributed by atoms with van der Waals surface area (Å²) in [5, 5.41) is 3.24. The summed E-state index contributed by atoms with van der Waals surface area (Å²) in [6.07, 6.45) is 4.13. The van der Waals surface area contributed by atoms with Gasteiger partial charge in [-0.15, -0.1) is 0 Å². The number of carbonyl (C=O) groups excluding carboxylic acids is 1. The Hall–Kier alpha value is -0.610. The molecule has 82 valence electrons. The van der Waals surface area contributed by atoms with E-state index in [1.54, 1.807) is 6.92 Å². The van der Waals surface area contributed by atoms with Crippen molar-refractivity contribution in [3.63, 3.8) is 0 Å². The van der Waals surface area contributed by atoms with Crippen LogP contribution in [0.4, 0.5) is 0 Å². The zero-order valence-corrected chi connectivity index (χ0v) is 8.95. The van der Waals surface area contributed by atoms with Crippen LogP contribution in [0.25, 0.3) is 0 Å². The third-order valence-electron chi connectivity index (χ3n) is 2.74. The summed E-state index contributed by atoms with van der Waals surface area (Å²) >= 11 is 0. The number of esters is 1. The molecule has 4 heteroatoms. The summed E-state index contributed by atoms with van der Waals surface area (Å²) in [7, 11) is 1.97. The first-order chi connectivity index (χ1) is 6.63. The Labute approximate surface area is 85.2 Å². The van der Waals surface area contributed by atoms with E-state index in [1.807, 2.05) is 7.05 Å². The second kappa shape index (κ2) is 5.32. The summed E-state index contributed by atoms with van der Waals surface area (Å²) < 4.78 is 5.25. The van der Waals surface area contributed by atoms with E-state index >= 15 is 0 Å².